The Bertz CT molecular complexity index is 367. The molecule has 0 spiro atoms. The maximum absolute atomic E-state index is 9.03. The number of nitrogens with two attached hydrogens (primary N) is 1. The second kappa shape index (κ2) is 5.32. The number of anilines is 1. The zero-order valence-electron chi connectivity index (χ0n) is 9.20. The van der Waals surface area contributed by atoms with Crippen LogP contribution in [0.25, 0.3) is 0 Å². The number of aromatic nitrogens is 1. The van der Waals surface area contributed by atoms with E-state index in [1.165, 1.54) is 0 Å². The molecule has 1 aromatic rings. The number of rotatable bonds is 4. The third-order valence-corrected chi connectivity index (χ3v) is 2.31. The van der Waals surface area contributed by atoms with Crippen molar-refractivity contribution in [3.63, 3.8) is 0 Å². The van der Waals surface area contributed by atoms with Crippen LogP contribution in [0.3, 0.4) is 0 Å². The summed E-state index contributed by atoms with van der Waals surface area (Å²) in [6.07, 6.45) is 2.63. The van der Waals surface area contributed by atoms with Crippen LogP contribution < -0.4 is 10.6 Å². The monoisotopic (exact) mass is 204 g/mol. The molecule has 0 saturated carbocycles. The van der Waals surface area contributed by atoms with E-state index in [0.29, 0.717) is 12.1 Å². The average molecular weight is 204 g/mol. The summed E-state index contributed by atoms with van der Waals surface area (Å²) >= 11 is 0. The van der Waals surface area contributed by atoms with Gasteiger partial charge in [0.15, 0.2) is 0 Å². The molecule has 0 radical (unpaired) electrons. The SMILES string of the molecule is Cc1ccnc(N(C)CCCN)c1C#N. The summed E-state index contributed by atoms with van der Waals surface area (Å²) in [6, 6.07) is 4.03. The number of pyridine rings is 1. The van der Waals surface area contributed by atoms with Gasteiger partial charge in [0.2, 0.25) is 0 Å². The predicted octanol–water partition coefficient (Wildman–Crippen LogP) is 1.05. The van der Waals surface area contributed by atoms with E-state index in [0.717, 1.165) is 24.3 Å². The summed E-state index contributed by atoms with van der Waals surface area (Å²) in [5.74, 6) is 0.742. The minimum absolute atomic E-state index is 0.650. The molecule has 0 saturated heterocycles. The number of nitrogens with zero attached hydrogens (tertiary/aromatic N) is 3. The molecule has 0 bridgehead atoms. The first kappa shape index (κ1) is 11.5. The van der Waals surface area contributed by atoms with Crippen molar-refractivity contribution in [1.82, 2.24) is 4.98 Å². The molecule has 0 aliphatic rings. The van der Waals surface area contributed by atoms with E-state index in [4.69, 9.17) is 11.0 Å². The summed E-state index contributed by atoms with van der Waals surface area (Å²) in [6.45, 7) is 3.39. The summed E-state index contributed by atoms with van der Waals surface area (Å²) in [5.41, 5.74) is 7.05. The standard InChI is InChI=1S/C11H16N4/c1-9-4-6-14-11(10(9)8-13)15(2)7-3-5-12/h4,6H,3,5,7,12H2,1-2H3. The first-order chi connectivity index (χ1) is 7.20. The molecule has 4 nitrogen and oxygen atoms in total. The molecule has 2 N–H and O–H groups in total. The highest BCUT2D eigenvalue weighted by Crippen LogP contribution is 2.18. The van der Waals surface area contributed by atoms with Crippen LogP contribution in [-0.4, -0.2) is 25.1 Å². The number of nitriles is 1. The zero-order chi connectivity index (χ0) is 11.3. The Morgan fingerprint density at radius 1 is 1.60 bits per heavy atom. The topological polar surface area (TPSA) is 65.9 Å². The van der Waals surface area contributed by atoms with Crippen molar-refractivity contribution >= 4 is 5.82 Å². The van der Waals surface area contributed by atoms with Crippen molar-refractivity contribution in [3.05, 3.63) is 23.4 Å². The fourth-order valence-electron chi connectivity index (χ4n) is 1.41. The molecule has 0 aliphatic heterocycles. The molecule has 1 heterocycles. The third kappa shape index (κ3) is 2.67. The van der Waals surface area contributed by atoms with Crippen LogP contribution in [0, 0.1) is 18.3 Å². The van der Waals surface area contributed by atoms with E-state index in [1.807, 2.05) is 24.9 Å². The maximum Gasteiger partial charge on any atom is 0.146 e. The quantitative estimate of drug-likeness (QED) is 0.796. The number of hydrogen-bond acceptors (Lipinski definition) is 4. The van der Waals surface area contributed by atoms with E-state index in [2.05, 4.69) is 11.1 Å². The Kier molecular flexibility index (Phi) is 4.07. The van der Waals surface area contributed by atoms with Crippen molar-refractivity contribution in [3.8, 4) is 6.07 Å². The molecule has 1 aromatic heterocycles. The summed E-state index contributed by atoms with van der Waals surface area (Å²) < 4.78 is 0. The van der Waals surface area contributed by atoms with Crippen LogP contribution in [0.2, 0.25) is 0 Å². The van der Waals surface area contributed by atoms with Gasteiger partial charge in [0.05, 0.1) is 5.56 Å². The summed E-state index contributed by atoms with van der Waals surface area (Å²) in [4.78, 5) is 6.20. The van der Waals surface area contributed by atoms with Crippen LogP contribution in [0.4, 0.5) is 5.82 Å². The minimum atomic E-state index is 0.650. The van der Waals surface area contributed by atoms with Gasteiger partial charge in [-0.05, 0) is 31.5 Å². The normalized spacial score (nSPS) is 9.73. The molecule has 4 heteroatoms. The molecule has 0 amide bonds. The molecule has 15 heavy (non-hydrogen) atoms. The first-order valence-corrected chi connectivity index (χ1v) is 4.97. The predicted molar refractivity (Wildman–Crippen MR) is 60.6 cm³/mol. The Labute approximate surface area is 90.3 Å². The van der Waals surface area contributed by atoms with Gasteiger partial charge in [0.25, 0.3) is 0 Å². The highest BCUT2D eigenvalue weighted by molar-refractivity contribution is 5.56. The molecular weight excluding hydrogens is 188 g/mol. The Balaban J connectivity index is 2.93. The Morgan fingerprint density at radius 2 is 2.33 bits per heavy atom. The van der Waals surface area contributed by atoms with Crippen LogP contribution in [0.1, 0.15) is 17.5 Å². The van der Waals surface area contributed by atoms with E-state index in [1.54, 1.807) is 6.20 Å². The highest BCUT2D eigenvalue weighted by atomic mass is 15.2. The average Bonchev–Trinajstić information content (AvgIpc) is 2.25. The zero-order valence-corrected chi connectivity index (χ0v) is 9.20. The van der Waals surface area contributed by atoms with E-state index in [9.17, 15) is 0 Å². The van der Waals surface area contributed by atoms with Crippen LogP contribution >= 0.6 is 0 Å². The Morgan fingerprint density at radius 3 is 2.93 bits per heavy atom. The lowest BCUT2D eigenvalue weighted by Crippen LogP contribution is -2.23. The highest BCUT2D eigenvalue weighted by Gasteiger charge is 2.10. The largest absolute Gasteiger partial charge is 0.359 e. The molecule has 1 rings (SSSR count). The van der Waals surface area contributed by atoms with Crippen molar-refractivity contribution in [2.75, 3.05) is 25.0 Å². The van der Waals surface area contributed by atoms with Gasteiger partial charge in [-0.3, -0.25) is 0 Å². The summed E-state index contributed by atoms with van der Waals surface area (Å²) in [7, 11) is 1.93. The molecule has 0 aliphatic carbocycles. The van der Waals surface area contributed by atoms with Crippen LogP contribution in [-0.2, 0) is 0 Å². The van der Waals surface area contributed by atoms with Gasteiger partial charge in [-0.15, -0.1) is 0 Å². The van der Waals surface area contributed by atoms with Crippen molar-refractivity contribution in [2.45, 2.75) is 13.3 Å². The molecule has 0 unspecified atom stereocenters. The fourth-order valence-corrected chi connectivity index (χ4v) is 1.41. The van der Waals surface area contributed by atoms with E-state index >= 15 is 0 Å². The lowest BCUT2D eigenvalue weighted by molar-refractivity contribution is 0.785. The maximum atomic E-state index is 9.03. The van der Waals surface area contributed by atoms with Crippen LogP contribution in [0.5, 0.6) is 0 Å². The van der Waals surface area contributed by atoms with Gasteiger partial charge in [-0.2, -0.15) is 5.26 Å². The Hall–Kier alpha value is -1.60. The minimum Gasteiger partial charge on any atom is -0.359 e. The van der Waals surface area contributed by atoms with Gasteiger partial charge in [-0.1, -0.05) is 0 Å². The van der Waals surface area contributed by atoms with Gasteiger partial charge < -0.3 is 10.6 Å². The lowest BCUT2D eigenvalue weighted by atomic mass is 10.1. The van der Waals surface area contributed by atoms with Crippen molar-refractivity contribution in [1.29, 1.82) is 5.26 Å². The second-order valence-corrected chi connectivity index (χ2v) is 3.50. The van der Waals surface area contributed by atoms with E-state index in [-0.39, 0.29) is 0 Å². The van der Waals surface area contributed by atoms with E-state index < -0.39 is 0 Å². The third-order valence-electron chi connectivity index (χ3n) is 2.31. The second-order valence-electron chi connectivity index (χ2n) is 3.50. The van der Waals surface area contributed by atoms with Gasteiger partial charge in [0, 0.05) is 19.8 Å². The number of hydrogen-bond donors (Lipinski definition) is 1. The molecule has 0 fully saturated rings. The van der Waals surface area contributed by atoms with Crippen molar-refractivity contribution < 1.29 is 0 Å². The first-order valence-electron chi connectivity index (χ1n) is 4.97. The van der Waals surface area contributed by atoms with Crippen molar-refractivity contribution in [2.24, 2.45) is 5.73 Å². The van der Waals surface area contributed by atoms with Crippen LogP contribution in [0.15, 0.2) is 12.3 Å². The smallest absolute Gasteiger partial charge is 0.146 e. The molecule has 0 aromatic carbocycles. The van der Waals surface area contributed by atoms with Gasteiger partial charge in [0.1, 0.15) is 11.9 Å². The van der Waals surface area contributed by atoms with Gasteiger partial charge >= 0.3 is 0 Å². The summed E-state index contributed by atoms with van der Waals surface area (Å²) in [5, 5.41) is 9.03. The molecule has 80 valence electrons. The molecular formula is C11H16N4. The molecule has 0 atom stereocenters. The number of aryl methyl sites for hydroxylation is 1. The fraction of sp³-hybridized carbons (Fsp3) is 0.455. The van der Waals surface area contributed by atoms with Gasteiger partial charge in [-0.25, -0.2) is 4.98 Å². The lowest BCUT2D eigenvalue weighted by Gasteiger charge is -2.19.